The van der Waals surface area contributed by atoms with E-state index in [0.717, 1.165) is 41.0 Å². The van der Waals surface area contributed by atoms with Crippen molar-refractivity contribution in [2.24, 2.45) is 0 Å². The maximum atomic E-state index is 13.5. The van der Waals surface area contributed by atoms with Crippen molar-refractivity contribution in [3.63, 3.8) is 0 Å². The van der Waals surface area contributed by atoms with Crippen LogP contribution in [-0.4, -0.2) is 33.7 Å². The van der Waals surface area contributed by atoms with Crippen molar-refractivity contribution in [3.8, 4) is 5.69 Å². The fraction of sp³-hybridized carbons (Fsp3) is 0.320. The third-order valence-electron chi connectivity index (χ3n) is 5.61. The van der Waals surface area contributed by atoms with E-state index in [1.807, 2.05) is 24.3 Å². The third-order valence-corrected chi connectivity index (χ3v) is 5.61. The van der Waals surface area contributed by atoms with E-state index in [9.17, 15) is 22.8 Å². The van der Waals surface area contributed by atoms with Gasteiger partial charge < -0.3 is 5.32 Å². The van der Waals surface area contributed by atoms with Crippen LogP contribution in [-0.2, 0) is 19.3 Å². The zero-order valence-corrected chi connectivity index (χ0v) is 19.3. The summed E-state index contributed by atoms with van der Waals surface area (Å²) in [4.78, 5) is 27.6. The summed E-state index contributed by atoms with van der Waals surface area (Å²) < 4.78 is 41.5. The molecule has 0 radical (unpaired) electrons. The second-order valence-corrected chi connectivity index (χ2v) is 7.84. The highest BCUT2D eigenvalue weighted by atomic mass is 19.4. The van der Waals surface area contributed by atoms with Crippen LogP contribution < -0.4 is 10.7 Å². The normalized spacial score (nSPS) is 11.6. The highest BCUT2D eigenvalue weighted by Gasteiger charge is 2.34. The summed E-state index contributed by atoms with van der Waals surface area (Å²) >= 11 is 0. The van der Waals surface area contributed by atoms with E-state index in [2.05, 4.69) is 29.2 Å². The van der Waals surface area contributed by atoms with Gasteiger partial charge in [-0.15, -0.1) is 0 Å². The number of nitrogens with zero attached hydrogens (tertiary/aromatic N) is 3. The highest BCUT2D eigenvalue weighted by molar-refractivity contribution is 5.92. The smallest absolute Gasteiger partial charge is 0.346 e. The molecule has 0 bridgehead atoms. The van der Waals surface area contributed by atoms with Gasteiger partial charge in [0.25, 0.3) is 5.91 Å². The standard InChI is InChI=1S/C25H27F3N4O2/c1-4-31(5-2)16-19-11-7-6-10-18(19)15-29-24(34)23-22(33)14-17(3)32(30-23)21-13-9-8-12-20(21)25(26,27)28/h6-14H,4-5,15-16H2,1-3H3,(H,29,34). The molecule has 2 aromatic carbocycles. The van der Waals surface area contributed by atoms with E-state index in [0.29, 0.717) is 6.54 Å². The minimum atomic E-state index is -4.62. The summed E-state index contributed by atoms with van der Waals surface area (Å²) in [5.41, 5.74) is -0.187. The predicted molar refractivity (Wildman–Crippen MR) is 124 cm³/mol. The van der Waals surface area contributed by atoms with Gasteiger partial charge >= 0.3 is 6.18 Å². The van der Waals surface area contributed by atoms with Crippen molar-refractivity contribution in [1.82, 2.24) is 20.0 Å². The van der Waals surface area contributed by atoms with Gasteiger partial charge in [-0.05, 0) is 43.3 Å². The molecule has 6 nitrogen and oxygen atoms in total. The number of benzene rings is 2. The summed E-state index contributed by atoms with van der Waals surface area (Å²) in [6.07, 6.45) is -4.62. The van der Waals surface area contributed by atoms with Gasteiger partial charge in [0.15, 0.2) is 5.69 Å². The lowest BCUT2D eigenvalue weighted by Crippen LogP contribution is -2.32. The van der Waals surface area contributed by atoms with Crippen molar-refractivity contribution in [1.29, 1.82) is 0 Å². The highest BCUT2D eigenvalue weighted by Crippen LogP contribution is 2.33. The lowest BCUT2D eigenvalue weighted by molar-refractivity contribution is -0.137. The second kappa shape index (κ2) is 10.6. The molecule has 3 rings (SSSR count). The summed E-state index contributed by atoms with van der Waals surface area (Å²) in [6.45, 7) is 8.23. The molecule has 0 saturated heterocycles. The molecule has 0 aliphatic rings. The summed E-state index contributed by atoms with van der Waals surface area (Å²) in [6, 6.07) is 13.7. The third kappa shape index (κ3) is 5.72. The number of para-hydroxylation sites is 1. The maximum absolute atomic E-state index is 13.5. The molecule has 0 aliphatic carbocycles. The molecule has 0 saturated carbocycles. The molecule has 0 fully saturated rings. The monoisotopic (exact) mass is 472 g/mol. The van der Waals surface area contributed by atoms with Gasteiger partial charge in [-0.1, -0.05) is 50.2 Å². The second-order valence-electron chi connectivity index (χ2n) is 7.84. The van der Waals surface area contributed by atoms with Gasteiger partial charge in [-0.2, -0.15) is 18.3 Å². The molecule has 9 heteroatoms. The molecule has 0 unspecified atom stereocenters. The van der Waals surface area contributed by atoms with Gasteiger partial charge in [-0.25, -0.2) is 4.68 Å². The van der Waals surface area contributed by atoms with Crippen LogP contribution in [0.4, 0.5) is 13.2 Å². The number of halogens is 3. The number of amides is 1. The molecular formula is C25H27F3N4O2. The van der Waals surface area contributed by atoms with E-state index >= 15 is 0 Å². The first-order valence-electron chi connectivity index (χ1n) is 11.0. The SMILES string of the molecule is CCN(CC)Cc1ccccc1CNC(=O)c1nn(-c2ccccc2C(F)(F)F)c(C)cc1=O. The predicted octanol–water partition coefficient (Wildman–Crippen LogP) is 4.33. The molecule has 0 aliphatic heterocycles. The number of aromatic nitrogens is 2. The van der Waals surface area contributed by atoms with Crippen molar-refractivity contribution in [3.05, 3.63) is 92.9 Å². The van der Waals surface area contributed by atoms with Crippen LogP contribution in [0.3, 0.4) is 0 Å². The molecule has 3 aromatic rings. The Morgan fingerprint density at radius 3 is 2.29 bits per heavy atom. The average molecular weight is 473 g/mol. The number of aryl methyl sites for hydroxylation is 1. The Labute approximate surface area is 196 Å². The molecule has 0 atom stereocenters. The van der Waals surface area contributed by atoms with Gasteiger partial charge in [0.2, 0.25) is 5.43 Å². The largest absolute Gasteiger partial charge is 0.418 e. The lowest BCUT2D eigenvalue weighted by Gasteiger charge is -2.20. The van der Waals surface area contributed by atoms with Crippen LogP contribution >= 0.6 is 0 Å². The van der Waals surface area contributed by atoms with E-state index < -0.39 is 28.8 Å². The zero-order valence-electron chi connectivity index (χ0n) is 19.3. The fourth-order valence-corrected chi connectivity index (χ4v) is 3.68. The molecule has 1 heterocycles. The number of hydrogen-bond donors (Lipinski definition) is 1. The quantitative estimate of drug-likeness (QED) is 0.530. The molecule has 0 spiro atoms. The average Bonchev–Trinajstić information content (AvgIpc) is 2.81. The Morgan fingerprint density at radius 2 is 1.65 bits per heavy atom. The first kappa shape index (κ1) is 25.2. The minimum Gasteiger partial charge on any atom is -0.346 e. The number of carbonyl (C=O) groups is 1. The Morgan fingerprint density at radius 1 is 1.03 bits per heavy atom. The van der Waals surface area contributed by atoms with Crippen LogP contribution in [0.5, 0.6) is 0 Å². The molecular weight excluding hydrogens is 445 g/mol. The maximum Gasteiger partial charge on any atom is 0.418 e. The van der Waals surface area contributed by atoms with E-state index in [-0.39, 0.29) is 17.9 Å². The first-order chi connectivity index (χ1) is 16.2. The molecule has 180 valence electrons. The van der Waals surface area contributed by atoms with Gasteiger partial charge in [0.1, 0.15) is 0 Å². The molecule has 1 N–H and O–H groups in total. The van der Waals surface area contributed by atoms with E-state index in [1.54, 1.807) is 0 Å². The van der Waals surface area contributed by atoms with Gasteiger partial charge in [0.05, 0.1) is 11.3 Å². The number of carbonyl (C=O) groups excluding carboxylic acids is 1. The Hall–Kier alpha value is -3.46. The topological polar surface area (TPSA) is 67.2 Å². The van der Waals surface area contributed by atoms with Crippen molar-refractivity contribution >= 4 is 5.91 Å². The number of nitrogens with one attached hydrogen (secondary N) is 1. The van der Waals surface area contributed by atoms with Crippen molar-refractivity contribution in [2.45, 2.75) is 40.0 Å². The van der Waals surface area contributed by atoms with Crippen molar-refractivity contribution in [2.75, 3.05) is 13.1 Å². The van der Waals surface area contributed by atoms with Crippen molar-refractivity contribution < 1.29 is 18.0 Å². The number of alkyl halides is 3. The van der Waals surface area contributed by atoms with Gasteiger partial charge in [-0.3, -0.25) is 14.5 Å². The Balaban J connectivity index is 1.89. The Kier molecular flexibility index (Phi) is 7.88. The number of hydrogen-bond acceptors (Lipinski definition) is 4. The molecule has 1 amide bonds. The first-order valence-corrected chi connectivity index (χ1v) is 11.0. The molecule has 1 aromatic heterocycles. The van der Waals surface area contributed by atoms with Crippen LogP contribution in [0, 0.1) is 6.92 Å². The number of rotatable bonds is 8. The van der Waals surface area contributed by atoms with E-state index in [1.165, 1.54) is 25.1 Å². The zero-order chi connectivity index (χ0) is 24.9. The molecule has 34 heavy (non-hydrogen) atoms. The Bertz CT molecular complexity index is 1220. The summed E-state index contributed by atoms with van der Waals surface area (Å²) in [5, 5.41) is 6.70. The van der Waals surface area contributed by atoms with Crippen LogP contribution in [0.1, 0.15) is 46.7 Å². The fourth-order valence-electron chi connectivity index (χ4n) is 3.68. The summed E-state index contributed by atoms with van der Waals surface area (Å²) in [7, 11) is 0. The lowest BCUT2D eigenvalue weighted by atomic mass is 10.1. The van der Waals surface area contributed by atoms with Gasteiger partial charge in [0, 0.05) is 24.8 Å². The van der Waals surface area contributed by atoms with Crippen LogP contribution in [0.2, 0.25) is 0 Å². The van der Waals surface area contributed by atoms with Crippen LogP contribution in [0.25, 0.3) is 5.69 Å². The summed E-state index contributed by atoms with van der Waals surface area (Å²) in [5.74, 6) is -0.749. The minimum absolute atomic E-state index is 0.157. The van der Waals surface area contributed by atoms with Crippen LogP contribution in [0.15, 0.2) is 59.4 Å². The van der Waals surface area contributed by atoms with E-state index in [4.69, 9.17) is 0 Å².